The molecule has 0 aliphatic carbocycles. The third-order valence-electron chi connectivity index (χ3n) is 1.65. The van der Waals surface area contributed by atoms with Gasteiger partial charge in [0.1, 0.15) is 5.75 Å². The fourth-order valence-electron chi connectivity index (χ4n) is 0.817. The van der Waals surface area contributed by atoms with Crippen LogP contribution in [0.4, 0.5) is 18.9 Å². The summed E-state index contributed by atoms with van der Waals surface area (Å²) in [6, 6.07) is 5.77. The molecule has 0 heterocycles. The van der Waals surface area contributed by atoms with Gasteiger partial charge in [0.25, 0.3) is 0 Å². The zero-order chi connectivity index (χ0) is 10.8. The Morgan fingerprint density at radius 1 is 1.27 bits per heavy atom. The molecule has 0 aliphatic rings. The van der Waals surface area contributed by atoms with Crippen molar-refractivity contribution in [2.24, 2.45) is 0 Å². The summed E-state index contributed by atoms with van der Waals surface area (Å²) in [4.78, 5) is 0. The van der Waals surface area contributed by atoms with Crippen LogP contribution in [0.25, 0.3) is 0 Å². The fourth-order valence-corrected chi connectivity index (χ4v) is 0.817. The first-order valence-electron chi connectivity index (χ1n) is 3.98. The summed E-state index contributed by atoms with van der Waals surface area (Å²) in [5, 5.41) is 0. The predicted molar refractivity (Wildman–Crippen MR) is 48.1 cm³/mol. The molecule has 2 N–H and O–H groups in total. The Kier molecular flexibility index (Phi) is 5.48. The van der Waals surface area contributed by atoms with Gasteiger partial charge < -0.3 is 11.9 Å². The molecule has 0 aliphatic heterocycles. The minimum Gasteiger partial charge on any atom is -1.00 e. The van der Waals surface area contributed by atoms with Gasteiger partial charge in [0.05, 0.1) is 0 Å². The van der Waals surface area contributed by atoms with Crippen LogP contribution in [0.3, 0.4) is 0 Å². The van der Waals surface area contributed by atoms with Crippen LogP contribution in [0, 0.1) is 0 Å². The molecule has 1 aromatic carbocycles. The van der Waals surface area contributed by atoms with Crippen LogP contribution in [-0.4, -0.2) is 12.3 Å². The minimum absolute atomic E-state index is 0. The fraction of sp³-hybridized carbons (Fsp3) is 0.333. The van der Waals surface area contributed by atoms with Crippen molar-refractivity contribution in [3.63, 3.8) is 0 Å². The van der Waals surface area contributed by atoms with Crippen molar-refractivity contribution >= 4 is 5.69 Å². The standard InChI is InChI=1S/C9H10F3NO.Na.H/c1-6(9(10,11)12)14-8-4-2-7(13)3-5-8;;/h2-6H,13H2,1H3;;/q;+1;-1/t6-;;/m1../s1. The summed E-state index contributed by atoms with van der Waals surface area (Å²) >= 11 is 0. The Labute approximate surface area is 109 Å². The van der Waals surface area contributed by atoms with E-state index in [1.807, 2.05) is 0 Å². The summed E-state index contributed by atoms with van der Waals surface area (Å²) < 4.78 is 40.8. The number of hydrogen-bond donors (Lipinski definition) is 1. The van der Waals surface area contributed by atoms with Crippen molar-refractivity contribution in [3.05, 3.63) is 24.3 Å². The number of nitrogen functional groups attached to an aromatic ring is 1. The van der Waals surface area contributed by atoms with Gasteiger partial charge in [-0.3, -0.25) is 0 Å². The number of rotatable bonds is 2. The van der Waals surface area contributed by atoms with E-state index in [1.165, 1.54) is 24.3 Å². The largest absolute Gasteiger partial charge is 1.00 e. The van der Waals surface area contributed by atoms with Crippen LogP contribution in [0.2, 0.25) is 0 Å². The number of anilines is 1. The van der Waals surface area contributed by atoms with Crippen molar-refractivity contribution in [1.29, 1.82) is 0 Å². The summed E-state index contributed by atoms with van der Waals surface area (Å²) in [6.45, 7) is 0.955. The van der Waals surface area contributed by atoms with E-state index in [0.717, 1.165) is 6.92 Å². The van der Waals surface area contributed by atoms with Crippen molar-refractivity contribution in [2.75, 3.05) is 5.73 Å². The zero-order valence-corrected chi connectivity index (χ0v) is 10.5. The van der Waals surface area contributed by atoms with Crippen LogP contribution in [0.15, 0.2) is 24.3 Å². The second-order valence-electron chi connectivity index (χ2n) is 2.87. The molecule has 0 aromatic heterocycles. The molecular weight excluding hydrogens is 218 g/mol. The van der Waals surface area contributed by atoms with E-state index >= 15 is 0 Å². The summed E-state index contributed by atoms with van der Waals surface area (Å²) in [6.07, 6.45) is -6.16. The maximum atomic E-state index is 12.1. The van der Waals surface area contributed by atoms with Crippen LogP contribution >= 0.6 is 0 Å². The number of halogens is 3. The van der Waals surface area contributed by atoms with Crippen LogP contribution in [0.5, 0.6) is 5.75 Å². The first kappa shape index (κ1) is 14.6. The van der Waals surface area contributed by atoms with Gasteiger partial charge in [0, 0.05) is 5.69 Å². The molecule has 1 atom stereocenters. The van der Waals surface area contributed by atoms with Crippen molar-refractivity contribution in [3.8, 4) is 5.75 Å². The van der Waals surface area contributed by atoms with Gasteiger partial charge in [0.2, 0.25) is 0 Å². The molecular formula is C9H11F3NNaO. The normalized spacial score (nSPS) is 12.8. The van der Waals surface area contributed by atoms with E-state index in [9.17, 15) is 13.2 Å². The van der Waals surface area contributed by atoms with E-state index in [4.69, 9.17) is 5.73 Å². The van der Waals surface area contributed by atoms with Crippen LogP contribution in [0.1, 0.15) is 8.35 Å². The molecule has 0 spiro atoms. The van der Waals surface area contributed by atoms with Gasteiger partial charge in [-0.25, -0.2) is 0 Å². The first-order valence-corrected chi connectivity index (χ1v) is 3.98. The van der Waals surface area contributed by atoms with E-state index < -0.39 is 12.3 Å². The number of hydrogen-bond acceptors (Lipinski definition) is 2. The van der Waals surface area contributed by atoms with E-state index in [2.05, 4.69) is 4.74 Å². The quantitative estimate of drug-likeness (QED) is 0.559. The van der Waals surface area contributed by atoms with E-state index in [0.29, 0.717) is 5.69 Å². The van der Waals surface area contributed by atoms with E-state index in [-0.39, 0.29) is 36.7 Å². The smallest absolute Gasteiger partial charge is 1.00 e. The molecule has 6 heteroatoms. The van der Waals surface area contributed by atoms with Gasteiger partial charge in [-0.15, -0.1) is 0 Å². The van der Waals surface area contributed by atoms with E-state index in [1.54, 1.807) is 0 Å². The Balaban J connectivity index is 0. The molecule has 80 valence electrons. The maximum Gasteiger partial charge on any atom is 1.00 e. The molecule has 0 bridgehead atoms. The topological polar surface area (TPSA) is 35.2 Å². The van der Waals surface area contributed by atoms with Gasteiger partial charge >= 0.3 is 35.7 Å². The van der Waals surface area contributed by atoms with Gasteiger partial charge in [0.15, 0.2) is 6.10 Å². The van der Waals surface area contributed by atoms with Gasteiger partial charge in [-0.2, -0.15) is 13.2 Å². The maximum absolute atomic E-state index is 12.1. The van der Waals surface area contributed by atoms with Crippen molar-refractivity contribution in [2.45, 2.75) is 19.2 Å². The molecule has 0 saturated carbocycles. The van der Waals surface area contributed by atoms with Crippen molar-refractivity contribution < 1.29 is 48.9 Å². The molecule has 0 amide bonds. The van der Waals surface area contributed by atoms with Crippen LogP contribution < -0.4 is 40.0 Å². The molecule has 0 radical (unpaired) electrons. The third kappa shape index (κ3) is 4.77. The monoisotopic (exact) mass is 229 g/mol. The Morgan fingerprint density at radius 3 is 2.13 bits per heavy atom. The SMILES string of the molecule is C[C@@H](Oc1ccc(N)cc1)C(F)(F)F.[H-].[Na+]. The molecule has 0 saturated heterocycles. The summed E-state index contributed by atoms with van der Waals surface area (Å²) in [7, 11) is 0. The molecule has 15 heavy (non-hydrogen) atoms. The number of benzene rings is 1. The molecule has 2 nitrogen and oxygen atoms in total. The average Bonchev–Trinajstić information content (AvgIpc) is 2.07. The minimum atomic E-state index is -4.35. The molecule has 1 aromatic rings. The Bertz CT molecular complexity index is 305. The Hall–Kier alpha value is -0.390. The second-order valence-corrected chi connectivity index (χ2v) is 2.87. The van der Waals surface area contributed by atoms with Crippen molar-refractivity contribution in [1.82, 2.24) is 0 Å². The molecule has 1 rings (SSSR count). The summed E-state index contributed by atoms with van der Waals surface area (Å²) in [5.41, 5.74) is 5.85. The molecule has 0 unspecified atom stereocenters. The number of nitrogens with two attached hydrogens (primary N) is 1. The van der Waals surface area contributed by atoms with Crippen LogP contribution in [-0.2, 0) is 0 Å². The first-order chi connectivity index (χ1) is 6.39. The Morgan fingerprint density at radius 2 is 1.73 bits per heavy atom. The number of alkyl halides is 3. The second kappa shape index (κ2) is 5.63. The van der Waals surface area contributed by atoms with Gasteiger partial charge in [-0.1, -0.05) is 0 Å². The van der Waals surface area contributed by atoms with Gasteiger partial charge in [-0.05, 0) is 31.2 Å². The average molecular weight is 229 g/mol. The summed E-state index contributed by atoms with van der Waals surface area (Å²) in [5.74, 6) is 0.157. The number of ether oxygens (including phenoxy) is 1. The third-order valence-corrected chi connectivity index (χ3v) is 1.65. The zero-order valence-electron chi connectivity index (χ0n) is 9.51. The molecule has 0 fully saturated rings. The predicted octanol–water partition coefficient (Wildman–Crippen LogP) is -0.285.